The number of anilines is 1. The number of nitrogens with zero attached hydrogens (tertiary/aromatic N) is 2. The van der Waals surface area contributed by atoms with Crippen molar-refractivity contribution in [2.45, 2.75) is 24.9 Å². The van der Waals surface area contributed by atoms with Gasteiger partial charge in [-0.15, -0.1) is 0 Å². The number of piperidine rings is 1. The number of Topliss-reactive ketones (excluding diaryl/α,β-unsaturated/α-hetero) is 1. The number of halogens is 2. The Kier molecular flexibility index (Phi) is 5.65. The fourth-order valence-electron chi connectivity index (χ4n) is 4.42. The molecule has 5 nitrogen and oxygen atoms in total. The van der Waals surface area contributed by atoms with E-state index in [1.54, 1.807) is 13.2 Å². The lowest BCUT2D eigenvalue weighted by Crippen LogP contribution is -2.57. The molecule has 0 radical (unpaired) electrons. The minimum atomic E-state index is -0.397. The summed E-state index contributed by atoms with van der Waals surface area (Å²) in [4.78, 5) is 17.1. The minimum absolute atomic E-state index is 0.0850. The van der Waals surface area contributed by atoms with Crippen LogP contribution in [0.15, 0.2) is 36.4 Å². The van der Waals surface area contributed by atoms with Crippen LogP contribution in [0.3, 0.4) is 0 Å². The summed E-state index contributed by atoms with van der Waals surface area (Å²) in [6.45, 7) is 2.33. The standard InChI is InChI=1S/C22H24ClFN2O3/c1-28-21-6-3-14(9-19(21)24)20-12-17(27)10-16-13-25(7-8-26(16)20)15-4-5-18(23)22(11-15)29-2/h3-6,9,11,16,20H,7-8,10,12-13H2,1-2H3/t16-,20+/m0/s1. The first-order chi connectivity index (χ1) is 14.0. The van der Waals surface area contributed by atoms with Gasteiger partial charge in [-0.2, -0.15) is 0 Å². The molecule has 2 aliphatic rings. The molecule has 0 bridgehead atoms. The van der Waals surface area contributed by atoms with Gasteiger partial charge in [0.25, 0.3) is 0 Å². The zero-order valence-electron chi connectivity index (χ0n) is 16.5. The summed E-state index contributed by atoms with van der Waals surface area (Å²) in [5.41, 5.74) is 1.85. The number of carbonyl (C=O) groups excluding carboxylic acids is 1. The van der Waals surface area contributed by atoms with Crippen molar-refractivity contribution in [3.8, 4) is 11.5 Å². The molecule has 2 aromatic carbocycles. The molecular formula is C22H24ClFN2O3. The molecule has 2 saturated heterocycles. The summed E-state index contributed by atoms with van der Waals surface area (Å²) >= 11 is 6.15. The third-order valence-corrected chi connectivity index (χ3v) is 6.19. The summed E-state index contributed by atoms with van der Waals surface area (Å²) in [5, 5.41) is 0.573. The monoisotopic (exact) mass is 418 g/mol. The van der Waals surface area contributed by atoms with Gasteiger partial charge in [-0.05, 0) is 29.8 Å². The van der Waals surface area contributed by atoms with Gasteiger partial charge >= 0.3 is 0 Å². The fraction of sp³-hybridized carbons (Fsp3) is 0.409. The van der Waals surface area contributed by atoms with Crippen LogP contribution >= 0.6 is 11.6 Å². The van der Waals surface area contributed by atoms with E-state index in [0.29, 0.717) is 23.6 Å². The van der Waals surface area contributed by atoms with Gasteiger partial charge in [0, 0.05) is 56.3 Å². The topological polar surface area (TPSA) is 42.0 Å². The second-order valence-corrected chi connectivity index (χ2v) is 7.92. The summed E-state index contributed by atoms with van der Waals surface area (Å²) in [5.74, 6) is 0.668. The largest absolute Gasteiger partial charge is 0.495 e. The van der Waals surface area contributed by atoms with Crippen molar-refractivity contribution in [1.82, 2.24) is 4.90 Å². The smallest absolute Gasteiger partial charge is 0.165 e. The van der Waals surface area contributed by atoms with Crippen LogP contribution in [0.5, 0.6) is 11.5 Å². The number of hydrogen-bond donors (Lipinski definition) is 0. The number of rotatable bonds is 4. The lowest BCUT2D eigenvalue weighted by Gasteiger charge is -2.48. The van der Waals surface area contributed by atoms with Crippen LogP contribution in [0.25, 0.3) is 0 Å². The molecule has 2 heterocycles. The van der Waals surface area contributed by atoms with Gasteiger partial charge in [-0.1, -0.05) is 17.7 Å². The highest BCUT2D eigenvalue weighted by molar-refractivity contribution is 6.32. The van der Waals surface area contributed by atoms with Crippen LogP contribution in [0, 0.1) is 5.82 Å². The van der Waals surface area contributed by atoms with Crippen molar-refractivity contribution in [2.75, 3.05) is 38.8 Å². The first kappa shape index (κ1) is 20.0. The average molecular weight is 419 g/mol. The van der Waals surface area contributed by atoms with Gasteiger partial charge in [-0.25, -0.2) is 4.39 Å². The normalized spacial score (nSPS) is 22.3. The number of fused-ring (bicyclic) bond motifs is 1. The second kappa shape index (κ2) is 8.20. The molecule has 2 fully saturated rings. The van der Waals surface area contributed by atoms with E-state index < -0.39 is 5.82 Å². The van der Waals surface area contributed by atoms with Crippen LogP contribution in [-0.4, -0.2) is 50.6 Å². The molecule has 0 N–H and O–H groups in total. The van der Waals surface area contributed by atoms with E-state index in [1.807, 2.05) is 24.3 Å². The van der Waals surface area contributed by atoms with Crippen molar-refractivity contribution >= 4 is 23.1 Å². The molecule has 0 amide bonds. The Labute approximate surface area is 175 Å². The molecule has 0 unspecified atom stereocenters. The van der Waals surface area contributed by atoms with Crippen molar-refractivity contribution < 1.29 is 18.7 Å². The summed E-state index contributed by atoms with van der Waals surface area (Å²) in [6.07, 6.45) is 0.924. The van der Waals surface area contributed by atoms with Gasteiger partial charge in [0.15, 0.2) is 11.6 Å². The lowest BCUT2D eigenvalue weighted by molar-refractivity contribution is -0.125. The molecule has 0 aromatic heterocycles. The van der Waals surface area contributed by atoms with Gasteiger partial charge in [-0.3, -0.25) is 9.69 Å². The van der Waals surface area contributed by atoms with Crippen molar-refractivity contribution in [2.24, 2.45) is 0 Å². The van der Waals surface area contributed by atoms with E-state index in [1.165, 1.54) is 13.2 Å². The summed E-state index contributed by atoms with van der Waals surface area (Å²) in [7, 11) is 3.05. The second-order valence-electron chi connectivity index (χ2n) is 7.51. The first-order valence-electron chi connectivity index (χ1n) is 9.69. The van der Waals surface area contributed by atoms with Crippen molar-refractivity contribution in [1.29, 1.82) is 0 Å². The zero-order chi connectivity index (χ0) is 20.5. The number of methoxy groups -OCH3 is 2. The van der Waals surface area contributed by atoms with Crippen molar-refractivity contribution in [3.63, 3.8) is 0 Å². The molecule has 29 heavy (non-hydrogen) atoms. The van der Waals surface area contributed by atoms with E-state index >= 15 is 0 Å². The average Bonchev–Trinajstić information content (AvgIpc) is 2.73. The Balaban J connectivity index is 1.56. The maximum Gasteiger partial charge on any atom is 0.165 e. The highest BCUT2D eigenvalue weighted by atomic mass is 35.5. The van der Waals surface area contributed by atoms with Gasteiger partial charge in [0.2, 0.25) is 0 Å². The fourth-order valence-corrected chi connectivity index (χ4v) is 4.61. The molecular weight excluding hydrogens is 395 g/mol. The maximum absolute atomic E-state index is 14.3. The number of carbonyl (C=O) groups is 1. The predicted molar refractivity (Wildman–Crippen MR) is 111 cm³/mol. The Hall–Kier alpha value is -2.31. The van der Waals surface area contributed by atoms with Gasteiger partial charge in [0.05, 0.1) is 19.2 Å². The Bertz CT molecular complexity index is 923. The number of ether oxygens (including phenoxy) is 2. The lowest BCUT2D eigenvalue weighted by atomic mass is 9.88. The number of hydrogen-bond acceptors (Lipinski definition) is 5. The highest BCUT2D eigenvalue weighted by Crippen LogP contribution is 2.37. The number of ketones is 1. The van der Waals surface area contributed by atoms with Gasteiger partial charge < -0.3 is 14.4 Å². The van der Waals surface area contributed by atoms with Crippen LogP contribution in [-0.2, 0) is 4.79 Å². The molecule has 7 heteroatoms. The Morgan fingerprint density at radius 2 is 1.83 bits per heavy atom. The van der Waals surface area contributed by atoms with Crippen molar-refractivity contribution in [3.05, 3.63) is 52.8 Å². The number of piperazine rings is 1. The van der Waals surface area contributed by atoms with Crippen LogP contribution in [0.4, 0.5) is 10.1 Å². The predicted octanol–water partition coefficient (Wildman–Crippen LogP) is 4.09. The van der Waals surface area contributed by atoms with E-state index in [0.717, 1.165) is 30.9 Å². The van der Waals surface area contributed by atoms with E-state index in [4.69, 9.17) is 21.1 Å². The van der Waals surface area contributed by atoms with E-state index in [9.17, 15) is 9.18 Å². The quantitative estimate of drug-likeness (QED) is 0.748. The summed E-state index contributed by atoms with van der Waals surface area (Å²) in [6, 6.07) is 10.7. The van der Waals surface area contributed by atoms with E-state index in [-0.39, 0.29) is 23.6 Å². The van der Waals surface area contributed by atoms with Crippen LogP contribution in [0.1, 0.15) is 24.4 Å². The Morgan fingerprint density at radius 1 is 1.03 bits per heavy atom. The van der Waals surface area contributed by atoms with Crippen LogP contribution < -0.4 is 14.4 Å². The maximum atomic E-state index is 14.3. The Morgan fingerprint density at radius 3 is 2.55 bits per heavy atom. The highest BCUT2D eigenvalue weighted by Gasteiger charge is 2.39. The summed E-state index contributed by atoms with van der Waals surface area (Å²) < 4.78 is 24.6. The molecule has 0 spiro atoms. The van der Waals surface area contributed by atoms with Gasteiger partial charge in [0.1, 0.15) is 11.5 Å². The number of benzene rings is 2. The van der Waals surface area contributed by atoms with Crippen LogP contribution in [0.2, 0.25) is 5.02 Å². The zero-order valence-corrected chi connectivity index (χ0v) is 17.3. The SMILES string of the molecule is COc1ccc([C@H]2CC(=O)C[C@H]3CN(c4ccc(Cl)c(OC)c4)CCN32)cc1F. The first-order valence-corrected chi connectivity index (χ1v) is 10.1. The van der Waals surface area contributed by atoms with E-state index in [2.05, 4.69) is 9.80 Å². The molecule has 4 rings (SSSR count). The molecule has 0 saturated carbocycles. The minimum Gasteiger partial charge on any atom is -0.495 e. The third-order valence-electron chi connectivity index (χ3n) is 5.87. The molecule has 0 aliphatic carbocycles. The molecule has 154 valence electrons. The molecule has 2 aromatic rings. The molecule has 2 atom stereocenters. The molecule has 2 aliphatic heterocycles. The third kappa shape index (κ3) is 3.91.